The molecule has 0 heterocycles. The van der Waals surface area contributed by atoms with Crippen molar-refractivity contribution >= 4 is 5.78 Å². The SMILES string of the molecule is Cc1cc(F)cc(C)c1C(=O)CC1CCC1. The van der Waals surface area contributed by atoms with Crippen LogP contribution in [0.15, 0.2) is 12.1 Å². The van der Waals surface area contributed by atoms with Gasteiger partial charge in [-0.25, -0.2) is 4.39 Å². The number of halogens is 1. The molecule has 0 atom stereocenters. The van der Waals surface area contributed by atoms with Gasteiger partial charge in [-0.15, -0.1) is 0 Å². The highest BCUT2D eigenvalue weighted by molar-refractivity contribution is 5.98. The molecule has 1 saturated carbocycles. The summed E-state index contributed by atoms with van der Waals surface area (Å²) in [7, 11) is 0. The molecule has 0 aliphatic heterocycles. The highest BCUT2D eigenvalue weighted by Crippen LogP contribution is 2.31. The van der Waals surface area contributed by atoms with Crippen LogP contribution in [-0.4, -0.2) is 5.78 Å². The van der Waals surface area contributed by atoms with E-state index in [0.717, 1.165) is 16.7 Å². The molecular weight excluding hydrogens is 203 g/mol. The van der Waals surface area contributed by atoms with E-state index >= 15 is 0 Å². The van der Waals surface area contributed by atoms with Crippen LogP contribution in [0.25, 0.3) is 0 Å². The number of carbonyl (C=O) groups excluding carboxylic acids is 1. The van der Waals surface area contributed by atoms with Gasteiger partial charge in [0, 0.05) is 12.0 Å². The molecule has 1 fully saturated rings. The molecular formula is C14H17FO. The summed E-state index contributed by atoms with van der Waals surface area (Å²) in [6.07, 6.45) is 4.22. The average molecular weight is 220 g/mol. The van der Waals surface area contributed by atoms with Crippen molar-refractivity contribution in [1.29, 1.82) is 0 Å². The number of Topliss-reactive ketones (excluding diaryl/α,β-unsaturated/α-hetero) is 1. The fraction of sp³-hybridized carbons (Fsp3) is 0.500. The van der Waals surface area contributed by atoms with Crippen molar-refractivity contribution in [2.24, 2.45) is 5.92 Å². The molecule has 0 radical (unpaired) electrons. The lowest BCUT2D eigenvalue weighted by molar-refractivity contribution is 0.0935. The normalized spacial score (nSPS) is 15.9. The smallest absolute Gasteiger partial charge is 0.163 e. The molecule has 0 spiro atoms. The fourth-order valence-corrected chi connectivity index (χ4v) is 2.41. The maximum Gasteiger partial charge on any atom is 0.163 e. The number of benzene rings is 1. The van der Waals surface area contributed by atoms with Gasteiger partial charge in [0.1, 0.15) is 5.82 Å². The van der Waals surface area contributed by atoms with Crippen molar-refractivity contribution in [3.63, 3.8) is 0 Å². The zero-order valence-electron chi connectivity index (χ0n) is 9.85. The van der Waals surface area contributed by atoms with Crippen LogP contribution in [0.5, 0.6) is 0 Å². The van der Waals surface area contributed by atoms with Gasteiger partial charge >= 0.3 is 0 Å². The van der Waals surface area contributed by atoms with Crippen molar-refractivity contribution in [1.82, 2.24) is 0 Å². The fourth-order valence-electron chi connectivity index (χ4n) is 2.41. The van der Waals surface area contributed by atoms with E-state index in [0.29, 0.717) is 12.3 Å². The molecule has 1 nitrogen and oxygen atoms in total. The van der Waals surface area contributed by atoms with Gasteiger partial charge in [-0.1, -0.05) is 19.3 Å². The Kier molecular flexibility index (Phi) is 3.08. The van der Waals surface area contributed by atoms with E-state index in [1.54, 1.807) is 0 Å². The van der Waals surface area contributed by atoms with Gasteiger partial charge in [-0.2, -0.15) is 0 Å². The number of rotatable bonds is 3. The van der Waals surface area contributed by atoms with Gasteiger partial charge in [-0.3, -0.25) is 4.79 Å². The van der Waals surface area contributed by atoms with Crippen molar-refractivity contribution in [3.8, 4) is 0 Å². The van der Waals surface area contributed by atoms with E-state index in [4.69, 9.17) is 0 Å². The van der Waals surface area contributed by atoms with E-state index in [1.807, 2.05) is 13.8 Å². The zero-order valence-corrected chi connectivity index (χ0v) is 9.85. The summed E-state index contributed by atoms with van der Waals surface area (Å²) in [5.41, 5.74) is 2.26. The van der Waals surface area contributed by atoms with Crippen molar-refractivity contribution in [3.05, 3.63) is 34.6 Å². The minimum absolute atomic E-state index is 0.180. The first kappa shape index (κ1) is 11.3. The average Bonchev–Trinajstić information content (AvgIpc) is 2.09. The largest absolute Gasteiger partial charge is 0.294 e. The second-order valence-electron chi connectivity index (χ2n) is 4.84. The summed E-state index contributed by atoms with van der Waals surface area (Å²) in [6.45, 7) is 3.62. The second-order valence-corrected chi connectivity index (χ2v) is 4.84. The van der Waals surface area contributed by atoms with Gasteiger partial charge in [-0.05, 0) is 43.0 Å². The van der Waals surface area contributed by atoms with Gasteiger partial charge < -0.3 is 0 Å². The summed E-state index contributed by atoms with van der Waals surface area (Å²) in [4.78, 5) is 12.1. The Morgan fingerprint density at radius 1 is 1.31 bits per heavy atom. The van der Waals surface area contributed by atoms with Crippen LogP contribution in [0.2, 0.25) is 0 Å². The van der Waals surface area contributed by atoms with Gasteiger partial charge in [0.05, 0.1) is 0 Å². The van der Waals surface area contributed by atoms with Crippen LogP contribution >= 0.6 is 0 Å². The predicted molar refractivity (Wildman–Crippen MR) is 62.2 cm³/mol. The molecule has 1 aromatic rings. The van der Waals surface area contributed by atoms with Crippen LogP contribution < -0.4 is 0 Å². The van der Waals surface area contributed by atoms with Crippen molar-refractivity contribution in [2.45, 2.75) is 39.5 Å². The Balaban J connectivity index is 2.21. The molecule has 0 N–H and O–H groups in total. The number of ketones is 1. The van der Waals surface area contributed by atoms with Gasteiger partial charge in [0.15, 0.2) is 5.78 Å². The molecule has 16 heavy (non-hydrogen) atoms. The highest BCUT2D eigenvalue weighted by atomic mass is 19.1. The lowest BCUT2D eigenvalue weighted by Crippen LogP contribution is -2.17. The Bertz CT molecular complexity index is 396. The summed E-state index contributed by atoms with van der Waals surface area (Å²) in [5, 5.41) is 0. The molecule has 2 rings (SSSR count). The zero-order chi connectivity index (χ0) is 11.7. The van der Waals surface area contributed by atoms with Crippen LogP contribution in [0.3, 0.4) is 0 Å². The Labute approximate surface area is 95.7 Å². The van der Waals surface area contributed by atoms with Crippen molar-refractivity contribution < 1.29 is 9.18 Å². The van der Waals surface area contributed by atoms with Crippen LogP contribution in [0, 0.1) is 25.6 Å². The lowest BCUT2D eigenvalue weighted by atomic mass is 9.80. The van der Waals surface area contributed by atoms with Crippen LogP contribution in [-0.2, 0) is 0 Å². The van der Waals surface area contributed by atoms with E-state index in [-0.39, 0.29) is 11.6 Å². The molecule has 2 heteroatoms. The minimum atomic E-state index is -0.254. The molecule has 86 valence electrons. The van der Waals surface area contributed by atoms with E-state index in [1.165, 1.54) is 31.4 Å². The quantitative estimate of drug-likeness (QED) is 0.708. The monoisotopic (exact) mass is 220 g/mol. The minimum Gasteiger partial charge on any atom is -0.294 e. The first-order chi connectivity index (χ1) is 7.58. The molecule has 0 unspecified atom stereocenters. The number of aryl methyl sites for hydroxylation is 2. The molecule has 0 amide bonds. The van der Waals surface area contributed by atoms with Gasteiger partial charge in [0.2, 0.25) is 0 Å². The third-order valence-corrected chi connectivity index (χ3v) is 3.48. The van der Waals surface area contributed by atoms with E-state index in [2.05, 4.69) is 0 Å². The van der Waals surface area contributed by atoms with Crippen LogP contribution in [0.4, 0.5) is 4.39 Å². The third-order valence-electron chi connectivity index (χ3n) is 3.48. The third kappa shape index (κ3) is 2.16. The lowest BCUT2D eigenvalue weighted by Gasteiger charge is -2.25. The number of carbonyl (C=O) groups is 1. The Morgan fingerprint density at radius 2 is 1.88 bits per heavy atom. The number of hydrogen-bond acceptors (Lipinski definition) is 1. The summed E-state index contributed by atoms with van der Waals surface area (Å²) in [6, 6.07) is 2.89. The first-order valence-electron chi connectivity index (χ1n) is 5.88. The highest BCUT2D eigenvalue weighted by Gasteiger charge is 2.23. The first-order valence-corrected chi connectivity index (χ1v) is 5.88. The molecule has 0 aromatic heterocycles. The second kappa shape index (κ2) is 4.36. The Hall–Kier alpha value is -1.18. The summed E-state index contributed by atoms with van der Waals surface area (Å²) >= 11 is 0. The van der Waals surface area contributed by atoms with E-state index < -0.39 is 0 Å². The Morgan fingerprint density at radius 3 is 2.31 bits per heavy atom. The molecule has 0 saturated heterocycles. The topological polar surface area (TPSA) is 17.1 Å². The summed E-state index contributed by atoms with van der Waals surface area (Å²) < 4.78 is 13.1. The van der Waals surface area contributed by atoms with Gasteiger partial charge in [0.25, 0.3) is 0 Å². The summed E-state index contributed by atoms with van der Waals surface area (Å²) in [5.74, 6) is 0.492. The molecule has 0 bridgehead atoms. The molecule has 1 aromatic carbocycles. The van der Waals surface area contributed by atoms with E-state index in [9.17, 15) is 9.18 Å². The standard InChI is InChI=1S/C14H17FO/c1-9-6-12(15)7-10(2)14(9)13(16)8-11-4-3-5-11/h6-7,11H,3-5,8H2,1-2H3. The van der Waals surface area contributed by atoms with Crippen LogP contribution in [0.1, 0.15) is 47.2 Å². The maximum absolute atomic E-state index is 13.1. The predicted octanol–water partition coefficient (Wildman–Crippen LogP) is 3.82. The molecule has 1 aliphatic rings. The van der Waals surface area contributed by atoms with Crippen molar-refractivity contribution in [2.75, 3.05) is 0 Å². The number of hydrogen-bond donors (Lipinski definition) is 0. The molecule has 1 aliphatic carbocycles. The maximum atomic E-state index is 13.1.